The Kier molecular flexibility index (Phi) is 4.71. The van der Waals surface area contributed by atoms with Crippen LogP contribution in [0.1, 0.15) is 36.3 Å². The molecule has 2 aliphatic rings. The third-order valence-corrected chi connectivity index (χ3v) is 4.55. The minimum absolute atomic E-state index is 0. The highest BCUT2D eigenvalue weighted by atomic mass is 35.5. The molecule has 1 aliphatic carbocycles. The second kappa shape index (κ2) is 6.15. The Morgan fingerprint density at radius 3 is 2.55 bits per heavy atom. The SMILES string of the molecule is Cc1ccccc1C1CC1C(=O)N1CCC(N)CC1.Cl. The fourth-order valence-corrected chi connectivity index (χ4v) is 3.17. The highest BCUT2D eigenvalue weighted by Crippen LogP contribution is 2.49. The Morgan fingerprint density at radius 2 is 1.90 bits per heavy atom. The van der Waals surface area contributed by atoms with Crippen molar-refractivity contribution in [3.8, 4) is 0 Å². The van der Waals surface area contributed by atoms with E-state index in [1.165, 1.54) is 11.1 Å². The fraction of sp³-hybridized carbons (Fsp3) is 0.562. The van der Waals surface area contributed by atoms with Crippen molar-refractivity contribution < 1.29 is 4.79 Å². The summed E-state index contributed by atoms with van der Waals surface area (Å²) in [6, 6.07) is 8.72. The van der Waals surface area contributed by atoms with Crippen molar-refractivity contribution in [2.24, 2.45) is 11.7 Å². The molecule has 110 valence electrons. The zero-order chi connectivity index (χ0) is 13.4. The van der Waals surface area contributed by atoms with Gasteiger partial charge in [-0.15, -0.1) is 12.4 Å². The van der Waals surface area contributed by atoms with Crippen molar-refractivity contribution >= 4 is 18.3 Å². The highest BCUT2D eigenvalue weighted by Gasteiger charge is 2.46. The minimum Gasteiger partial charge on any atom is -0.342 e. The monoisotopic (exact) mass is 294 g/mol. The van der Waals surface area contributed by atoms with Gasteiger partial charge in [0.25, 0.3) is 0 Å². The topological polar surface area (TPSA) is 46.3 Å². The number of amides is 1. The number of nitrogens with two attached hydrogens (primary N) is 1. The molecule has 0 bridgehead atoms. The summed E-state index contributed by atoms with van der Waals surface area (Å²) in [5, 5.41) is 0. The van der Waals surface area contributed by atoms with Gasteiger partial charge >= 0.3 is 0 Å². The summed E-state index contributed by atoms with van der Waals surface area (Å²) in [6.07, 6.45) is 2.92. The van der Waals surface area contributed by atoms with Crippen LogP contribution in [0.2, 0.25) is 0 Å². The smallest absolute Gasteiger partial charge is 0.226 e. The van der Waals surface area contributed by atoms with E-state index >= 15 is 0 Å². The number of halogens is 1. The Balaban J connectivity index is 0.00000147. The van der Waals surface area contributed by atoms with E-state index in [4.69, 9.17) is 5.73 Å². The number of piperidine rings is 1. The quantitative estimate of drug-likeness (QED) is 0.911. The third kappa shape index (κ3) is 2.99. The van der Waals surface area contributed by atoms with E-state index in [-0.39, 0.29) is 24.4 Å². The van der Waals surface area contributed by atoms with Gasteiger partial charge in [0.15, 0.2) is 0 Å². The molecular weight excluding hydrogens is 272 g/mol. The molecule has 1 aromatic rings. The van der Waals surface area contributed by atoms with Crippen LogP contribution in [0, 0.1) is 12.8 Å². The molecule has 0 aromatic heterocycles. The molecule has 2 N–H and O–H groups in total. The summed E-state index contributed by atoms with van der Waals surface area (Å²) in [6.45, 7) is 3.82. The number of nitrogens with zero attached hydrogens (tertiary/aromatic N) is 1. The van der Waals surface area contributed by atoms with Crippen LogP contribution in [0.4, 0.5) is 0 Å². The number of hydrogen-bond donors (Lipinski definition) is 1. The number of rotatable bonds is 2. The van der Waals surface area contributed by atoms with Gasteiger partial charge in [-0.05, 0) is 43.2 Å². The first kappa shape index (κ1) is 15.3. The molecule has 3 rings (SSSR count). The molecule has 2 unspecified atom stereocenters. The van der Waals surface area contributed by atoms with Gasteiger partial charge in [0.2, 0.25) is 5.91 Å². The molecule has 1 aromatic carbocycles. The predicted molar refractivity (Wildman–Crippen MR) is 83.1 cm³/mol. The summed E-state index contributed by atoms with van der Waals surface area (Å²) in [7, 11) is 0. The molecular formula is C16H23ClN2O. The zero-order valence-electron chi connectivity index (χ0n) is 11.9. The lowest BCUT2D eigenvalue weighted by Gasteiger charge is -2.30. The lowest BCUT2D eigenvalue weighted by Crippen LogP contribution is -2.43. The predicted octanol–water partition coefficient (Wildman–Crippen LogP) is 2.47. The lowest BCUT2D eigenvalue weighted by molar-refractivity contribution is -0.133. The second-order valence-electron chi connectivity index (χ2n) is 5.97. The van der Waals surface area contributed by atoms with Crippen LogP contribution in [0.15, 0.2) is 24.3 Å². The molecule has 1 heterocycles. The molecule has 1 aliphatic heterocycles. The molecule has 0 spiro atoms. The lowest BCUT2D eigenvalue weighted by atomic mass is 10.0. The van der Waals surface area contributed by atoms with Gasteiger partial charge in [0.1, 0.15) is 0 Å². The molecule has 4 heteroatoms. The molecule has 1 amide bonds. The van der Waals surface area contributed by atoms with E-state index in [1.54, 1.807) is 0 Å². The van der Waals surface area contributed by atoms with Crippen LogP contribution >= 0.6 is 12.4 Å². The van der Waals surface area contributed by atoms with Crippen molar-refractivity contribution in [3.63, 3.8) is 0 Å². The first-order chi connectivity index (χ1) is 9.16. The number of hydrogen-bond acceptors (Lipinski definition) is 2. The molecule has 3 nitrogen and oxygen atoms in total. The Hall–Kier alpha value is -1.06. The zero-order valence-corrected chi connectivity index (χ0v) is 12.7. The van der Waals surface area contributed by atoms with Crippen LogP contribution in [0.5, 0.6) is 0 Å². The van der Waals surface area contributed by atoms with E-state index in [0.29, 0.717) is 11.8 Å². The maximum absolute atomic E-state index is 12.4. The number of carbonyl (C=O) groups is 1. The Bertz CT molecular complexity index is 483. The number of aryl methyl sites for hydroxylation is 1. The molecule has 2 atom stereocenters. The molecule has 1 saturated heterocycles. The van der Waals surface area contributed by atoms with Crippen LogP contribution in [-0.4, -0.2) is 29.9 Å². The fourth-order valence-electron chi connectivity index (χ4n) is 3.17. The number of carbonyl (C=O) groups excluding carboxylic acids is 1. The Morgan fingerprint density at radius 1 is 1.25 bits per heavy atom. The van der Waals surface area contributed by atoms with Gasteiger partial charge in [0, 0.05) is 25.0 Å². The average molecular weight is 295 g/mol. The summed E-state index contributed by atoms with van der Waals surface area (Å²) in [5.41, 5.74) is 8.55. The van der Waals surface area contributed by atoms with Gasteiger partial charge in [-0.2, -0.15) is 0 Å². The van der Waals surface area contributed by atoms with Crippen LogP contribution < -0.4 is 5.73 Å². The highest BCUT2D eigenvalue weighted by molar-refractivity contribution is 5.85. The summed E-state index contributed by atoms with van der Waals surface area (Å²) in [4.78, 5) is 14.5. The van der Waals surface area contributed by atoms with Crippen molar-refractivity contribution in [3.05, 3.63) is 35.4 Å². The summed E-state index contributed by atoms with van der Waals surface area (Å²) < 4.78 is 0. The van der Waals surface area contributed by atoms with E-state index < -0.39 is 0 Å². The molecule has 2 fully saturated rings. The van der Waals surface area contributed by atoms with Crippen molar-refractivity contribution in [1.29, 1.82) is 0 Å². The largest absolute Gasteiger partial charge is 0.342 e. The van der Waals surface area contributed by atoms with Gasteiger partial charge in [-0.1, -0.05) is 24.3 Å². The maximum atomic E-state index is 12.4. The first-order valence-electron chi connectivity index (χ1n) is 7.26. The van der Waals surface area contributed by atoms with Crippen LogP contribution in [0.3, 0.4) is 0 Å². The number of benzene rings is 1. The van der Waals surface area contributed by atoms with Crippen LogP contribution in [0.25, 0.3) is 0 Å². The Labute approximate surface area is 126 Å². The van der Waals surface area contributed by atoms with E-state index in [0.717, 1.165) is 32.4 Å². The summed E-state index contributed by atoms with van der Waals surface area (Å²) >= 11 is 0. The number of likely N-dealkylation sites (tertiary alicyclic amines) is 1. The molecule has 1 saturated carbocycles. The van der Waals surface area contributed by atoms with Gasteiger partial charge in [-0.3, -0.25) is 4.79 Å². The van der Waals surface area contributed by atoms with E-state index in [1.807, 2.05) is 4.90 Å². The van der Waals surface area contributed by atoms with Crippen molar-refractivity contribution in [2.75, 3.05) is 13.1 Å². The second-order valence-corrected chi connectivity index (χ2v) is 5.97. The normalized spacial score (nSPS) is 26.0. The third-order valence-electron chi connectivity index (χ3n) is 4.55. The minimum atomic E-state index is 0. The van der Waals surface area contributed by atoms with E-state index in [2.05, 4.69) is 31.2 Å². The van der Waals surface area contributed by atoms with Gasteiger partial charge in [0.05, 0.1) is 0 Å². The first-order valence-corrected chi connectivity index (χ1v) is 7.26. The molecule has 0 radical (unpaired) electrons. The average Bonchev–Trinajstić information content (AvgIpc) is 3.19. The van der Waals surface area contributed by atoms with Gasteiger partial charge < -0.3 is 10.6 Å². The van der Waals surface area contributed by atoms with E-state index in [9.17, 15) is 4.79 Å². The molecule has 20 heavy (non-hydrogen) atoms. The summed E-state index contributed by atoms with van der Waals surface area (Å²) in [5.74, 6) is 1.01. The van der Waals surface area contributed by atoms with Gasteiger partial charge in [-0.25, -0.2) is 0 Å². The van der Waals surface area contributed by atoms with Crippen molar-refractivity contribution in [2.45, 2.75) is 38.1 Å². The standard InChI is InChI=1S/C16H22N2O.ClH/c1-11-4-2-3-5-13(11)14-10-15(14)16(19)18-8-6-12(17)7-9-18;/h2-5,12,14-15H,6-10,17H2,1H3;1H. The van der Waals surface area contributed by atoms with Crippen LogP contribution in [-0.2, 0) is 4.79 Å². The maximum Gasteiger partial charge on any atom is 0.226 e. The van der Waals surface area contributed by atoms with Crippen molar-refractivity contribution in [1.82, 2.24) is 4.90 Å².